The van der Waals surface area contributed by atoms with Crippen LogP contribution in [0.2, 0.25) is 0 Å². The predicted octanol–water partition coefficient (Wildman–Crippen LogP) is 1.65. The Bertz CT molecular complexity index is 221. The summed E-state index contributed by atoms with van der Waals surface area (Å²) in [7, 11) is 3.56. The van der Waals surface area contributed by atoms with Gasteiger partial charge in [-0.1, -0.05) is 13.8 Å². The molecule has 0 aliphatic carbocycles. The van der Waals surface area contributed by atoms with Crippen LogP contribution >= 0.6 is 0 Å². The van der Waals surface area contributed by atoms with Gasteiger partial charge in [-0.2, -0.15) is 0 Å². The van der Waals surface area contributed by atoms with Crippen LogP contribution in [0.15, 0.2) is 0 Å². The second-order valence-electron chi connectivity index (χ2n) is 4.76. The standard InChI is InChI=1S/C13H28N2O2/c1-6-10-15(4)11-8-9-13(3,14-7-2)12(16)17-5/h14H,6-11H2,1-5H3. The molecule has 102 valence electrons. The van der Waals surface area contributed by atoms with E-state index in [-0.39, 0.29) is 5.97 Å². The minimum Gasteiger partial charge on any atom is -0.468 e. The third-order valence-electron chi connectivity index (χ3n) is 3.02. The first-order chi connectivity index (χ1) is 8.00. The molecular weight excluding hydrogens is 216 g/mol. The summed E-state index contributed by atoms with van der Waals surface area (Å²) in [6.45, 7) is 9.00. The number of methoxy groups -OCH3 is 1. The number of nitrogens with zero attached hydrogens (tertiary/aromatic N) is 1. The molecule has 0 saturated heterocycles. The number of nitrogens with one attached hydrogen (secondary N) is 1. The average Bonchev–Trinajstić information content (AvgIpc) is 2.28. The topological polar surface area (TPSA) is 41.6 Å². The lowest BCUT2D eigenvalue weighted by atomic mass is 9.95. The molecule has 0 aromatic heterocycles. The lowest BCUT2D eigenvalue weighted by Crippen LogP contribution is -2.50. The Balaban J connectivity index is 4.13. The predicted molar refractivity (Wildman–Crippen MR) is 71.1 cm³/mol. The maximum atomic E-state index is 11.7. The van der Waals surface area contributed by atoms with Crippen molar-refractivity contribution in [3.8, 4) is 0 Å². The smallest absolute Gasteiger partial charge is 0.325 e. The Morgan fingerprint density at radius 2 is 2.00 bits per heavy atom. The Kier molecular flexibility index (Phi) is 8.17. The Morgan fingerprint density at radius 3 is 2.47 bits per heavy atom. The Labute approximate surface area is 106 Å². The van der Waals surface area contributed by atoms with Crippen LogP contribution in [0.4, 0.5) is 0 Å². The number of ether oxygens (including phenoxy) is 1. The zero-order valence-electron chi connectivity index (χ0n) is 12.0. The van der Waals surface area contributed by atoms with Crippen molar-refractivity contribution in [2.75, 3.05) is 33.8 Å². The lowest BCUT2D eigenvalue weighted by molar-refractivity contribution is -0.148. The second-order valence-corrected chi connectivity index (χ2v) is 4.76. The van der Waals surface area contributed by atoms with Crippen molar-refractivity contribution in [3.05, 3.63) is 0 Å². The molecule has 0 saturated carbocycles. The van der Waals surface area contributed by atoms with Crippen LogP contribution in [0, 0.1) is 0 Å². The van der Waals surface area contributed by atoms with Gasteiger partial charge in [-0.05, 0) is 52.9 Å². The SMILES string of the molecule is CCCN(C)CCCC(C)(NCC)C(=O)OC. The molecule has 1 N–H and O–H groups in total. The van der Waals surface area contributed by atoms with Crippen molar-refractivity contribution in [1.82, 2.24) is 10.2 Å². The number of hydrogen-bond acceptors (Lipinski definition) is 4. The molecule has 0 heterocycles. The van der Waals surface area contributed by atoms with Gasteiger partial charge in [-0.15, -0.1) is 0 Å². The molecule has 4 heteroatoms. The molecule has 0 fully saturated rings. The number of carbonyl (C=O) groups excluding carboxylic acids is 1. The number of esters is 1. The maximum Gasteiger partial charge on any atom is 0.325 e. The van der Waals surface area contributed by atoms with Crippen LogP contribution in [0.5, 0.6) is 0 Å². The summed E-state index contributed by atoms with van der Waals surface area (Å²) in [4.78, 5) is 14.0. The fourth-order valence-electron chi connectivity index (χ4n) is 2.07. The van der Waals surface area contributed by atoms with Crippen molar-refractivity contribution in [2.45, 2.75) is 45.6 Å². The molecule has 0 spiro atoms. The van der Waals surface area contributed by atoms with E-state index in [0.717, 1.165) is 38.9 Å². The van der Waals surface area contributed by atoms with Crippen molar-refractivity contribution >= 4 is 5.97 Å². The van der Waals surface area contributed by atoms with Gasteiger partial charge in [0.2, 0.25) is 0 Å². The van der Waals surface area contributed by atoms with Crippen LogP contribution in [0.25, 0.3) is 0 Å². The van der Waals surface area contributed by atoms with E-state index >= 15 is 0 Å². The summed E-state index contributed by atoms with van der Waals surface area (Å²) < 4.78 is 4.86. The molecule has 0 aliphatic rings. The van der Waals surface area contributed by atoms with Gasteiger partial charge in [0, 0.05) is 0 Å². The van der Waals surface area contributed by atoms with Crippen LogP contribution < -0.4 is 5.32 Å². The second kappa shape index (κ2) is 8.48. The first kappa shape index (κ1) is 16.4. The summed E-state index contributed by atoms with van der Waals surface area (Å²) in [6, 6.07) is 0. The van der Waals surface area contributed by atoms with E-state index in [0.29, 0.717) is 0 Å². The van der Waals surface area contributed by atoms with E-state index in [4.69, 9.17) is 4.74 Å². The van der Waals surface area contributed by atoms with E-state index in [1.165, 1.54) is 7.11 Å². The fourth-order valence-corrected chi connectivity index (χ4v) is 2.07. The molecule has 17 heavy (non-hydrogen) atoms. The van der Waals surface area contributed by atoms with Crippen molar-refractivity contribution in [3.63, 3.8) is 0 Å². The van der Waals surface area contributed by atoms with Gasteiger partial charge >= 0.3 is 5.97 Å². The van der Waals surface area contributed by atoms with Crippen molar-refractivity contribution < 1.29 is 9.53 Å². The summed E-state index contributed by atoms with van der Waals surface area (Å²) in [6.07, 6.45) is 2.97. The minimum absolute atomic E-state index is 0.169. The molecule has 0 rings (SSSR count). The molecule has 4 nitrogen and oxygen atoms in total. The first-order valence-corrected chi connectivity index (χ1v) is 6.52. The first-order valence-electron chi connectivity index (χ1n) is 6.52. The van der Waals surface area contributed by atoms with Gasteiger partial charge in [-0.3, -0.25) is 4.79 Å². The van der Waals surface area contributed by atoms with Gasteiger partial charge in [0.25, 0.3) is 0 Å². The van der Waals surface area contributed by atoms with Gasteiger partial charge in [0.05, 0.1) is 7.11 Å². The fraction of sp³-hybridized carbons (Fsp3) is 0.923. The third-order valence-corrected chi connectivity index (χ3v) is 3.02. The molecule has 0 radical (unpaired) electrons. The zero-order chi connectivity index (χ0) is 13.3. The number of likely N-dealkylation sites (N-methyl/N-ethyl adjacent to an activating group) is 1. The van der Waals surface area contributed by atoms with Crippen molar-refractivity contribution in [1.29, 1.82) is 0 Å². The summed E-state index contributed by atoms with van der Waals surface area (Å²) in [5.41, 5.74) is -0.545. The Hall–Kier alpha value is -0.610. The zero-order valence-corrected chi connectivity index (χ0v) is 12.0. The van der Waals surface area contributed by atoms with E-state index in [2.05, 4.69) is 24.2 Å². The molecule has 0 aromatic carbocycles. The lowest BCUT2D eigenvalue weighted by Gasteiger charge is -2.28. The molecule has 1 atom stereocenters. The summed E-state index contributed by atoms with van der Waals surface area (Å²) >= 11 is 0. The third kappa shape index (κ3) is 6.03. The number of rotatable bonds is 9. The highest BCUT2D eigenvalue weighted by molar-refractivity contribution is 5.80. The normalized spacial score (nSPS) is 14.7. The number of hydrogen-bond donors (Lipinski definition) is 1. The van der Waals surface area contributed by atoms with Crippen molar-refractivity contribution in [2.24, 2.45) is 0 Å². The molecule has 0 amide bonds. The van der Waals surface area contributed by atoms with E-state index in [9.17, 15) is 4.79 Å². The molecule has 0 bridgehead atoms. The highest BCUT2D eigenvalue weighted by Crippen LogP contribution is 2.14. The van der Waals surface area contributed by atoms with Gasteiger partial charge < -0.3 is 15.0 Å². The van der Waals surface area contributed by atoms with Gasteiger partial charge in [-0.25, -0.2) is 0 Å². The monoisotopic (exact) mass is 244 g/mol. The van der Waals surface area contributed by atoms with Crippen LogP contribution in [-0.2, 0) is 9.53 Å². The van der Waals surface area contributed by atoms with E-state index in [1.54, 1.807) is 0 Å². The van der Waals surface area contributed by atoms with Crippen LogP contribution in [-0.4, -0.2) is 50.2 Å². The highest BCUT2D eigenvalue weighted by atomic mass is 16.5. The number of carbonyl (C=O) groups is 1. The summed E-state index contributed by atoms with van der Waals surface area (Å²) in [5.74, 6) is -0.169. The summed E-state index contributed by atoms with van der Waals surface area (Å²) in [5, 5.41) is 3.22. The quantitative estimate of drug-likeness (QED) is 0.626. The average molecular weight is 244 g/mol. The van der Waals surface area contributed by atoms with Gasteiger partial charge in [0.15, 0.2) is 0 Å². The van der Waals surface area contributed by atoms with E-state index in [1.807, 2.05) is 13.8 Å². The molecule has 0 aliphatic heterocycles. The molecular formula is C13H28N2O2. The largest absolute Gasteiger partial charge is 0.468 e. The maximum absolute atomic E-state index is 11.7. The van der Waals surface area contributed by atoms with Crippen LogP contribution in [0.1, 0.15) is 40.0 Å². The van der Waals surface area contributed by atoms with Gasteiger partial charge in [0.1, 0.15) is 5.54 Å². The molecule has 0 aromatic rings. The van der Waals surface area contributed by atoms with Crippen LogP contribution in [0.3, 0.4) is 0 Å². The Morgan fingerprint density at radius 1 is 1.35 bits per heavy atom. The van der Waals surface area contributed by atoms with E-state index < -0.39 is 5.54 Å². The highest BCUT2D eigenvalue weighted by Gasteiger charge is 2.32. The molecule has 1 unspecified atom stereocenters. The minimum atomic E-state index is -0.545.